The van der Waals surface area contributed by atoms with Crippen LogP contribution in [0.15, 0.2) is 10.9 Å². The van der Waals surface area contributed by atoms with Gasteiger partial charge in [-0.1, -0.05) is 19.8 Å². The molecule has 3 heterocycles. The van der Waals surface area contributed by atoms with Crippen molar-refractivity contribution in [3.05, 3.63) is 32.2 Å². The molecule has 0 aromatic carbocycles. The van der Waals surface area contributed by atoms with Crippen molar-refractivity contribution in [1.29, 1.82) is 0 Å². The van der Waals surface area contributed by atoms with Crippen molar-refractivity contribution >= 4 is 28.6 Å². The Morgan fingerprint density at radius 1 is 1.19 bits per heavy atom. The zero-order valence-electron chi connectivity index (χ0n) is 15.3. The molecule has 2 aromatic rings. The first kappa shape index (κ1) is 18.1. The van der Waals surface area contributed by atoms with E-state index in [9.17, 15) is 4.79 Å². The number of nitrogens with zero attached hydrogens (tertiary/aromatic N) is 4. The lowest BCUT2D eigenvalue weighted by Gasteiger charge is -2.34. The third kappa shape index (κ3) is 3.85. The minimum Gasteiger partial charge on any atom is -0.335 e. The largest absolute Gasteiger partial charge is 0.335 e. The summed E-state index contributed by atoms with van der Waals surface area (Å²) in [6, 6.07) is 0. The highest BCUT2D eigenvalue weighted by atomic mass is 32.1. The Morgan fingerprint density at radius 3 is 2.65 bits per heavy atom. The molecule has 1 saturated heterocycles. The van der Waals surface area contributed by atoms with E-state index in [0.29, 0.717) is 5.92 Å². The SMILES string of the molecule is CCc1nc(CN2CCN(C(=O)c3scnc3C3CCCC3)CC2)cs1. The van der Waals surface area contributed by atoms with Crippen LogP contribution >= 0.6 is 22.7 Å². The summed E-state index contributed by atoms with van der Waals surface area (Å²) in [4.78, 5) is 27.5. The Morgan fingerprint density at radius 2 is 1.96 bits per heavy atom. The number of hydrogen-bond acceptors (Lipinski definition) is 6. The number of piperazine rings is 1. The van der Waals surface area contributed by atoms with Crippen LogP contribution in [0.3, 0.4) is 0 Å². The number of thiazole rings is 2. The van der Waals surface area contributed by atoms with Gasteiger partial charge < -0.3 is 4.90 Å². The summed E-state index contributed by atoms with van der Waals surface area (Å²) in [5, 5.41) is 3.38. The van der Waals surface area contributed by atoms with E-state index < -0.39 is 0 Å². The van der Waals surface area contributed by atoms with Crippen molar-refractivity contribution in [2.24, 2.45) is 0 Å². The monoisotopic (exact) mass is 390 g/mol. The van der Waals surface area contributed by atoms with Gasteiger partial charge in [-0.15, -0.1) is 22.7 Å². The molecule has 1 amide bonds. The molecule has 4 rings (SSSR count). The Kier molecular flexibility index (Phi) is 5.66. The predicted molar refractivity (Wildman–Crippen MR) is 106 cm³/mol. The number of aromatic nitrogens is 2. The van der Waals surface area contributed by atoms with Gasteiger partial charge in [0.15, 0.2) is 0 Å². The minimum absolute atomic E-state index is 0.191. The quantitative estimate of drug-likeness (QED) is 0.780. The van der Waals surface area contributed by atoms with Crippen LogP contribution < -0.4 is 0 Å². The van der Waals surface area contributed by atoms with Gasteiger partial charge in [-0.05, 0) is 19.3 Å². The zero-order valence-corrected chi connectivity index (χ0v) is 16.9. The smallest absolute Gasteiger partial charge is 0.265 e. The molecule has 0 radical (unpaired) electrons. The molecule has 1 aliphatic heterocycles. The van der Waals surface area contributed by atoms with E-state index >= 15 is 0 Å². The number of amides is 1. The van der Waals surface area contributed by atoms with E-state index in [1.54, 1.807) is 11.3 Å². The van der Waals surface area contributed by atoms with Crippen LogP contribution in [0.2, 0.25) is 0 Å². The molecule has 2 fully saturated rings. The summed E-state index contributed by atoms with van der Waals surface area (Å²) < 4.78 is 0. The van der Waals surface area contributed by atoms with E-state index in [1.165, 1.54) is 42.0 Å². The molecule has 5 nitrogen and oxygen atoms in total. The first-order valence-corrected chi connectivity index (χ1v) is 11.4. The number of carbonyl (C=O) groups is 1. The number of hydrogen-bond donors (Lipinski definition) is 0. The summed E-state index contributed by atoms with van der Waals surface area (Å²) in [7, 11) is 0. The maximum atomic E-state index is 13.0. The van der Waals surface area contributed by atoms with E-state index in [4.69, 9.17) is 0 Å². The van der Waals surface area contributed by atoms with Crippen LogP contribution in [0.5, 0.6) is 0 Å². The van der Waals surface area contributed by atoms with E-state index in [0.717, 1.165) is 55.4 Å². The maximum Gasteiger partial charge on any atom is 0.265 e. The van der Waals surface area contributed by atoms with E-state index in [-0.39, 0.29) is 5.91 Å². The van der Waals surface area contributed by atoms with Gasteiger partial charge in [0, 0.05) is 44.0 Å². The van der Waals surface area contributed by atoms with Gasteiger partial charge in [0.2, 0.25) is 0 Å². The molecule has 2 aromatic heterocycles. The summed E-state index contributed by atoms with van der Waals surface area (Å²) >= 11 is 3.27. The van der Waals surface area contributed by atoms with Crippen molar-refractivity contribution in [3.8, 4) is 0 Å². The van der Waals surface area contributed by atoms with Gasteiger partial charge in [-0.2, -0.15) is 0 Å². The summed E-state index contributed by atoms with van der Waals surface area (Å²) in [6.07, 6.45) is 5.91. The van der Waals surface area contributed by atoms with Crippen molar-refractivity contribution in [1.82, 2.24) is 19.8 Å². The summed E-state index contributed by atoms with van der Waals surface area (Å²) in [5.74, 6) is 0.690. The fourth-order valence-corrected chi connectivity index (χ4v) is 5.55. The maximum absolute atomic E-state index is 13.0. The first-order valence-electron chi connectivity index (χ1n) is 9.63. The molecule has 0 unspecified atom stereocenters. The molecule has 0 N–H and O–H groups in total. The number of rotatable bonds is 5. The summed E-state index contributed by atoms with van der Waals surface area (Å²) in [6.45, 7) is 6.47. The van der Waals surface area contributed by atoms with E-state index in [1.807, 2.05) is 10.4 Å². The van der Waals surface area contributed by atoms with Gasteiger partial charge >= 0.3 is 0 Å². The Labute approximate surface area is 163 Å². The van der Waals surface area contributed by atoms with Crippen LogP contribution in [-0.2, 0) is 13.0 Å². The minimum atomic E-state index is 0.191. The number of aryl methyl sites for hydroxylation is 1. The summed E-state index contributed by atoms with van der Waals surface area (Å²) in [5.41, 5.74) is 4.08. The molecule has 0 atom stereocenters. The van der Waals surface area contributed by atoms with Gasteiger partial charge in [-0.3, -0.25) is 9.69 Å². The molecule has 0 spiro atoms. The lowest BCUT2D eigenvalue weighted by molar-refractivity contribution is 0.0630. The third-order valence-corrected chi connectivity index (χ3v) is 7.35. The lowest BCUT2D eigenvalue weighted by Crippen LogP contribution is -2.48. The second-order valence-corrected chi connectivity index (χ2v) is 9.00. The molecular formula is C19H26N4OS2. The van der Waals surface area contributed by atoms with Crippen molar-refractivity contribution in [2.75, 3.05) is 26.2 Å². The van der Waals surface area contributed by atoms with E-state index in [2.05, 4.69) is 27.2 Å². The predicted octanol–water partition coefficient (Wildman–Crippen LogP) is 3.78. The molecule has 2 aliphatic rings. The fraction of sp³-hybridized carbons (Fsp3) is 0.632. The van der Waals surface area contributed by atoms with Crippen LogP contribution in [0, 0.1) is 0 Å². The molecule has 26 heavy (non-hydrogen) atoms. The Balaban J connectivity index is 1.34. The van der Waals surface area contributed by atoms with Crippen LogP contribution in [0.25, 0.3) is 0 Å². The molecule has 140 valence electrons. The van der Waals surface area contributed by atoms with Crippen LogP contribution in [-0.4, -0.2) is 51.9 Å². The van der Waals surface area contributed by atoms with Gasteiger partial charge in [0.1, 0.15) is 4.88 Å². The molecule has 1 saturated carbocycles. The standard InChI is InChI=1S/C19H26N4OS2/c1-2-16-21-15(12-25-16)11-22-7-9-23(10-8-22)19(24)18-17(20-13-26-18)14-5-3-4-6-14/h12-14H,2-11H2,1H3. The average molecular weight is 391 g/mol. The molecule has 0 bridgehead atoms. The highest BCUT2D eigenvalue weighted by Crippen LogP contribution is 2.36. The number of carbonyl (C=O) groups excluding carboxylic acids is 1. The highest BCUT2D eigenvalue weighted by Gasteiger charge is 2.29. The average Bonchev–Trinajstić information content (AvgIpc) is 3.42. The van der Waals surface area contributed by atoms with Crippen molar-refractivity contribution < 1.29 is 4.79 Å². The second-order valence-electron chi connectivity index (χ2n) is 7.20. The molecular weight excluding hydrogens is 364 g/mol. The lowest BCUT2D eigenvalue weighted by atomic mass is 10.0. The highest BCUT2D eigenvalue weighted by molar-refractivity contribution is 7.11. The molecule has 1 aliphatic carbocycles. The topological polar surface area (TPSA) is 49.3 Å². The zero-order chi connectivity index (χ0) is 17.9. The first-order chi connectivity index (χ1) is 12.7. The van der Waals surface area contributed by atoms with Crippen LogP contribution in [0.4, 0.5) is 0 Å². The van der Waals surface area contributed by atoms with Crippen molar-refractivity contribution in [2.45, 2.75) is 51.5 Å². The third-order valence-electron chi connectivity index (χ3n) is 5.48. The Bertz CT molecular complexity index is 742. The molecule has 7 heteroatoms. The second kappa shape index (κ2) is 8.15. The van der Waals surface area contributed by atoms with Crippen LogP contribution in [0.1, 0.15) is 64.6 Å². The normalized spacial score (nSPS) is 19.3. The fourth-order valence-electron chi connectivity index (χ4n) is 3.97. The Hall–Kier alpha value is -1.31. The van der Waals surface area contributed by atoms with Gasteiger partial charge in [-0.25, -0.2) is 9.97 Å². The van der Waals surface area contributed by atoms with Gasteiger partial charge in [0.05, 0.1) is 21.9 Å². The van der Waals surface area contributed by atoms with Gasteiger partial charge in [0.25, 0.3) is 5.91 Å². The van der Waals surface area contributed by atoms with Crippen molar-refractivity contribution in [3.63, 3.8) is 0 Å².